The smallest absolute Gasteiger partial charge is 0.00721 e. The first kappa shape index (κ1) is 9.66. The second-order valence-corrected chi connectivity index (χ2v) is 5.21. The van der Waals surface area contributed by atoms with E-state index >= 15 is 0 Å². The Morgan fingerprint density at radius 1 is 1.08 bits per heavy atom. The summed E-state index contributed by atoms with van der Waals surface area (Å²) in [6.45, 7) is 6.80. The molecule has 66 valence electrons. The predicted octanol–water partition coefficient (Wildman–Crippen LogP) is 3.82. The molecule has 0 aliphatic carbocycles. The summed E-state index contributed by atoms with van der Waals surface area (Å²) in [6, 6.07) is 10.6. The molecule has 0 aliphatic heterocycles. The topological polar surface area (TPSA) is 0 Å². The lowest BCUT2D eigenvalue weighted by Crippen LogP contribution is -2.07. The van der Waals surface area contributed by atoms with E-state index in [1.807, 2.05) is 11.8 Å². The van der Waals surface area contributed by atoms with Gasteiger partial charge in [-0.15, -0.1) is 11.8 Å². The van der Waals surface area contributed by atoms with Crippen molar-refractivity contribution in [3.8, 4) is 0 Å². The van der Waals surface area contributed by atoms with Gasteiger partial charge in [0.1, 0.15) is 0 Å². The van der Waals surface area contributed by atoms with Crippen molar-refractivity contribution >= 4 is 11.8 Å². The summed E-state index contributed by atoms with van der Waals surface area (Å²) < 4.78 is 0. The van der Waals surface area contributed by atoms with Gasteiger partial charge in [0.2, 0.25) is 0 Å². The molecule has 0 spiro atoms. The van der Waals surface area contributed by atoms with Crippen molar-refractivity contribution in [1.82, 2.24) is 0 Å². The third-order valence-corrected chi connectivity index (χ3v) is 3.03. The van der Waals surface area contributed by atoms with Crippen LogP contribution in [-0.2, 0) is 0 Å². The number of thioether (sulfide) groups is 1. The van der Waals surface area contributed by atoms with Crippen molar-refractivity contribution in [3.63, 3.8) is 0 Å². The number of benzene rings is 1. The van der Waals surface area contributed by atoms with Gasteiger partial charge in [-0.2, -0.15) is 0 Å². The molecule has 1 aromatic rings. The fourth-order valence-corrected chi connectivity index (χ4v) is 1.77. The Morgan fingerprint density at radius 2 is 1.67 bits per heavy atom. The summed E-state index contributed by atoms with van der Waals surface area (Å²) in [7, 11) is 0. The molecule has 0 saturated heterocycles. The molecule has 12 heavy (non-hydrogen) atoms. The third kappa shape index (κ3) is 3.82. The van der Waals surface area contributed by atoms with Crippen LogP contribution in [0.1, 0.15) is 20.8 Å². The molecule has 0 aliphatic rings. The van der Waals surface area contributed by atoms with Gasteiger partial charge >= 0.3 is 0 Å². The van der Waals surface area contributed by atoms with Gasteiger partial charge in [0.25, 0.3) is 0 Å². The zero-order chi connectivity index (χ0) is 9.03. The minimum atomic E-state index is 0.417. The second-order valence-electron chi connectivity index (χ2n) is 4.16. The number of rotatable bonds is 2. The van der Waals surface area contributed by atoms with E-state index in [2.05, 4.69) is 51.1 Å². The monoisotopic (exact) mass is 180 g/mol. The lowest BCUT2D eigenvalue weighted by molar-refractivity contribution is 0.481. The summed E-state index contributed by atoms with van der Waals surface area (Å²) in [5, 5.41) is 0. The van der Waals surface area contributed by atoms with E-state index in [9.17, 15) is 0 Å². The van der Waals surface area contributed by atoms with E-state index in [0.717, 1.165) is 0 Å². The van der Waals surface area contributed by atoms with Gasteiger partial charge in [-0.25, -0.2) is 0 Å². The molecule has 0 radical (unpaired) electrons. The van der Waals surface area contributed by atoms with E-state index in [1.54, 1.807) is 0 Å². The fraction of sp³-hybridized carbons (Fsp3) is 0.455. The van der Waals surface area contributed by atoms with Crippen LogP contribution in [-0.4, -0.2) is 5.75 Å². The molecular formula is C11H16S. The van der Waals surface area contributed by atoms with Crippen molar-refractivity contribution in [2.45, 2.75) is 25.7 Å². The van der Waals surface area contributed by atoms with E-state index in [-0.39, 0.29) is 0 Å². The van der Waals surface area contributed by atoms with Gasteiger partial charge in [-0.1, -0.05) is 39.0 Å². The van der Waals surface area contributed by atoms with Crippen LogP contribution in [0.25, 0.3) is 0 Å². The van der Waals surface area contributed by atoms with Crippen molar-refractivity contribution in [1.29, 1.82) is 0 Å². The van der Waals surface area contributed by atoms with Crippen LogP contribution in [0.15, 0.2) is 35.2 Å². The summed E-state index contributed by atoms with van der Waals surface area (Å²) in [6.07, 6.45) is 0. The zero-order valence-electron chi connectivity index (χ0n) is 8.00. The molecule has 1 rings (SSSR count). The van der Waals surface area contributed by atoms with Gasteiger partial charge in [0, 0.05) is 10.6 Å². The zero-order valence-corrected chi connectivity index (χ0v) is 8.82. The fourth-order valence-electron chi connectivity index (χ4n) is 0.817. The van der Waals surface area contributed by atoms with Crippen molar-refractivity contribution < 1.29 is 0 Å². The summed E-state index contributed by atoms with van der Waals surface area (Å²) in [5.41, 5.74) is 0.417. The van der Waals surface area contributed by atoms with Gasteiger partial charge < -0.3 is 0 Å². The van der Waals surface area contributed by atoms with Crippen LogP contribution in [0, 0.1) is 5.41 Å². The lowest BCUT2D eigenvalue weighted by Gasteiger charge is -2.16. The Kier molecular flexibility index (Phi) is 3.21. The van der Waals surface area contributed by atoms with Crippen LogP contribution >= 0.6 is 11.8 Å². The molecular weight excluding hydrogens is 164 g/mol. The van der Waals surface area contributed by atoms with Crippen LogP contribution in [0.2, 0.25) is 0 Å². The van der Waals surface area contributed by atoms with Crippen LogP contribution in [0.5, 0.6) is 0 Å². The Bertz CT molecular complexity index is 221. The average molecular weight is 180 g/mol. The Labute approximate surface area is 79.4 Å². The molecule has 1 heteroatoms. The quantitative estimate of drug-likeness (QED) is 0.623. The molecule has 1 aromatic carbocycles. The predicted molar refractivity (Wildman–Crippen MR) is 56.6 cm³/mol. The Balaban J connectivity index is 2.44. The molecule has 0 nitrogen and oxygen atoms in total. The van der Waals surface area contributed by atoms with Crippen molar-refractivity contribution in [2.75, 3.05) is 5.75 Å². The molecule has 0 N–H and O–H groups in total. The van der Waals surface area contributed by atoms with Crippen molar-refractivity contribution in [2.24, 2.45) is 5.41 Å². The van der Waals surface area contributed by atoms with E-state index < -0.39 is 0 Å². The highest BCUT2D eigenvalue weighted by Gasteiger charge is 2.09. The first-order valence-electron chi connectivity index (χ1n) is 4.26. The van der Waals surface area contributed by atoms with Crippen LogP contribution in [0.4, 0.5) is 0 Å². The molecule has 0 unspecified atom stereocenters. The van der Waals surface area contributed by atoms with E-state index in [4.69, 9.17) is 0 Å². The maximum atomic E-state index is 2.27. The minimum absolute atomic E-state index is 0.417. The van der Waals surface area contributed by atoms with Crippen molar-refractivity contribution in [3.05, 3.63) is 30.3 Å². The summed E-state index contributed by atoms with van der Waals surface area (Å²) in [5.74, 6) is 1.18. The average Bonchev–Trinajstić information content (AvgIpc) is 2.02. The minimum Gasteiger partial charge on any atom is -0.126 e. The van der Waals surface area contributed by atoms with Gasteiger partial charge in [-0.05, 0) is 17.5 Å². The van der Waals surface area contributed by atoms with Crippen LogP contribution in [0.3, 0.4) is 0 Å². The maximum absolute atomic E-state index is 2.27. The van der Waals surface area contributed by atoms with Gasteiger partial charge in [0.05, 0.1) is 0 Å². The molecule has 0 bridgehead atoms. The van der Waals surface area contributed by atoms with Gasteiger partial charge in [-0.3, -0.25) is 0 Å². The molecule has 0 amide bonds. The summed E-state index contributed by atoms with van der Waals surface area (Å²) in [4.78, 5) is 1.37. The SMILES string of the molecule is CC(C)(C)CSc1ccccc1. The molecule has 0 heterocycles. The molecule has 0 aromatic heterocycles. The lowest BCUT2D eigenvalue weighted by atomic mass is 10.0. The molecule has 0 atom stereocenters. The standard InChI is InChI=1S/C11H16S/c1-11(2,3)9-12-10-7-5-4-6-8-10/h4-8H,9H2,1-3H3. The number of hydrogen-bond donors (Lipinski definition) is 0. The molecule has 0 saturated carbocycles. The van der Waals surface area contributed by atoms with E-state index in [0.29, 0.717) is 5.41 Å². The van der Waals surface area contributed by atoms with Gasteiger partial charge in [0.15, 0.2) is 0 Å². The number of hydrogen-bond acceptors (Lipinski definition) is 1. The maximum Gasteiger partial charge on any atom is 0.00721 e. The first-order chi connectivity index (χ1) is 5.58. The highest BCUT2D eigenvalue weighted by Crippen LogP contribution is 2.26. The largest absolute Gasteiger partial charge is 0.126 e. The first-order valence-corrected chi connectivity index (χ1v) is 5.24. The second kappa shape index (κ2) is 3.99. The normalized spacial score (nSPS) is 11.6. The van der Waals surface area contributed by atoms with Crippen LogP contribution < -0.4 is 0 Å². The highest BCUT2D eigenvalue weighted by molar-refractivity contribution is 7.99. The van der Waals surface area contributed by atoms with E-state index in [1.165, 1.54) is 10.6 Å². The third-order valence-electron chi connectivity index (χ3n) is 1.42. The molecule has 0 fully saturated rings. The summed E-state index contributed by atoms with van der Waals surface area (Å²) >= 11 is 1.93. The highest BCUT2D eigenvalue weighted by atomic mass is 32.2. The Hall–Kier alpha value is -0.430. The Morgan fingerprint density at radius 3 is 2.17 bits per heavy atom.